The van der Waals surface area contributed by atoms with Gasteiger partial charge in [0.1, 0.15) is 0 Å². The summed E-state index contributed by atoms with van der Waals surface area (Å²) in [7, 11) is 0. The van der Waals surface area contributed by atoms with Crippen molar-refractivity contribution in [3.63, 3.8) is 0 Å². The Balaban J connectivity index is 1.80. The van der Waals surface area contributed by atoms with Gasteiger partial charge in [-0.05, 0) is 19.1 Å². The second-order valence-electron chi connectivity index (χ2n) is 7.69. The molecule has 3 aromatic rings. The molecule has 0 saturated carbocycles. The van der Waals surface area contributed by atoms with E-state index in [1.54, 1.807) is 11.5 Å². The van der Waals surface area contributed by atoms with Gasteiger partial charge in [0.25, 0.3) is 11.5 Å². The topological polar surface area (TPSA) is 157 Å². The largest absolute Gasteiger partial charge is 0.491 e. The highest BCUT2D eigenvalue weighted by Gasteiger charge is 2.42. The minimum Gasteiger partial charge on any atom is -0.421 e. The molecule has 15 heteroatoms. The van der Waals surface area contributed by atoms with E-state index in [1.165, 1.54) is 0 Å². The van der Waals surface area contributed by atoms with E-state index in [2.05, 4.69) is 36.8 Å². The smallest absolute Gasteiger partial charge is 0.421 e. The SMILES string of the molecule is CC#CCn1c(N2CCNCC2)nc2nc(Oc3c(OC(=O)C(F)(F)F)cccc3C(N)=O)[nH]c(=O)c21. The van der Waals surface area contributed by atoms with Crippen molar-refractivity contribution in [1.82, 2.24) is 24.8 Å². The second-order valence-corrected chi connectivity index (χ2v) is 7.69. The summed E-state index contributed by atoms with van der Waals surface area (Å²) in [6, 6.07) is 2.72. The maximum atomic E-state index is 13.0. The maximum Gasteiger partial charge on any atom is 0.491 e. The van der Waals surface area contributed by atoms with Crippen molar-refractivity contribution in [3.05, 3.63) is 34.1 Å². The Hall–Kier alpha value is -4.58. The summed E-state index contributed by atoms with van der Waals surface area (Å²) in [4.78, 5) is 49.3. The number of nitrogens with zero attached hydrogens (tertiary/aromatic N) is 4. The minimum absolute atomic E-state index is 0.0319. The van der Waals surface area contributed by atoms with Crippen molar-refractivity contribution in [2.45, 2.75) is 19.6 Å². The minimum atomic E-state index is -5.32. The number of primary amides is 1. The van der Waals surface area contributed by atoms with Crippen LogP contribution in [0.25, 0.3) is 11.2 Å². The molecule has 0 aliphatic carbocycles. The van der Waals surface area contributed by atoms with E-state index in [9.17, 15) is 27.6 Å². The van der Waals surface area contributed by atoms with Crippen LogP contribution < -0.4 is 31.0 Å². The van der Waals surface area contributed by atoms with Crippen molar-refractivity contribution < 1.29 is 32.2 Å². The zero-order chi connectivity index (χ0) is 26.7. The number of aromatic nitrogens is 4. The molecule has 0 spiro atoms. The molecule has 12 nitrogen and oxygen atoms in total. The molecule has 0 atom stereocenters. The third-order valence-electron chi connectivity index (χ3n) is 5.26. The Labute approximate surface area is 206 Å². The molecule has 0 radical (unpaired) electrons. The van der Waals surface area contributed by atoms with Crippen LogP contribution in [0.4, 0.5) is 19.1 Å². The molecule has 2 aromatic heterocycles. The summed E-state index contributed by atoms with van der Waals surface area (Å²) in [5, 5.41) is 3.22. The molecule has 37 heavy (non-hydrogen) atoms. The number of esters is 1. The van der Waals surface area contributed by atoms with Crippen LogP contribution in [-0.2, 0) is 11.3 Å². The number of alkyl halides is 3. The molecule has 1 saturated heterocycles. The van der Waals surface area contributed by atoms with Gasteiger partial charge in [0.05, 0.1) is 12.1 Å². The average molecular weight is 519 g/mol. The van der Waals surface area contributed by atoms with Crippen LogP contribution in [0.5, 0.6) is 17.5 Å². The number of anilines is 1. The molecule has 4 N–H and O–H groups in total. The first kappa shape index (κ1) is 25.5. The lowest BCUT2D eigenvalue weighted by atomic mass is 10.2. The Kier molecular flexibility index (Phi) is 7.02. The van der Waals surface area contributed by atoms with E-state index >= 15 is 0 Å². The number of para-hydroxylation sites is 1. The van der Waals surface area contributed by atoms with Crippen LogP contribution >= 0.6 is 0 Å². The van der Waals surface area contributed by atoms with E-state index < -0.39 is 46.7 Å². The summed E-state index contributed by atoms with van der Waals surface area (Å²) >= 11 is 0. The van der Waals surface area contributed by atoms with Crippen LogP contribution in [0, 0.1) is 11.8 Å². The number of halogens is 3. The summed E-state index contributed by atoms with van der Waals surface area (Å²) in [5.41, 5.74) is 4.28. The normalized spacial score (nSPS) is 13.7. The van der Waals surface area contributed by atoms with E-state index in [1.807, 2.05) is 4.90 Å². The molecular formula is C22H20F3N7O5. The van der Waals surface area contributed by atoms with Crippen LogP contribution in [0.2, 0.25) is 0 Å². The Morgan fingerprint density at radius 2 is 1.95 bits per heavy atom. The van der Waals surface area contributed by atoms with Gasteiger partial charge in [-0.25, -0.2) is 4.79 Å². The number of H-pyrrole nitrogens is 1. The molecule has 0 unspecified atom stereocenters. The predicted octanol–water partition coefficient (Wildman–Crippen LogP) is 0.911. The van der Waals surface area contributed by atoms with Crippen molar-refractivity contribution in [1.29, 1.82) is 0 Å². The number of hydrogen-bond donors (Lipinski definition) is 3. The molecule has 4 rings (SSSR count). The Morgan fingerprint density at radius 3 is 2.59 bits per heavy atom. The number of aromatic amines is 1. The monoisotopic (exact) mass is 519 g/mol. The number of carbonyl (C=O) groups is 2. The Bertz CT molecular complexity index is 1480. The molecule has 1 aromatic carbocycles. The highest BCUT2D eigenvalue weighted by Crippen LogP contribution is 2.35. The fraction of sp³-hybridized carbons (Fsp3) is 0.318. The van der Waals surface area contributed by atoms with Crippen LogP contribution in [0.3, 0.4) is 0 Å². The maximum absolute atomic E-state index is 13.0. The molecule has 1 fully saturated rings. The lowest BCUT2D eigenvalue weighted by Gasteiger charge is -2.28. The lowest BCUT2D eigenvalue weighted by molar-refractivity contribution is -0.189. The third-order valence-corrected chi connectivity index (χ3v) is 5.26. The van der Waals surface area contributed by atoms with Gasteiger partial charge in [-0.15, -0.1) is 5.92 Å². The molecule has 3 heterocycles. The molecule has 194 valence electrons. The van der Waals surface area contributed by atoms with E-state index in [0.29, 0.717) is 32.1 Å². The number of hydrogen-bond acceptors (Lipinski definition) is 9. The van der Waals surface area contributed by atoms with Gasteiger partial charge < -0.3 is 25.4 Å². The highest BCUT2D eigenvalue weighted by atomic mass is 19.4. The fourth-order valence-electron chi connectivity index (χ4n) is 3.62. The number of imidazole rings is 1. The predicted molar refractivity (Wildman–Crippen MR) is 123 cm³/mol. The number of amides is 1. The van der Waals surface area contributed by atoms with Gasteiger partial charge >= 0.3 is 18.2 Å². The third kappa shape index (κ3) is 5.33. The first-order valence-corrected chi connectivity index (χ1v) is 10.9. The molecular weight excluding hydrogens is 499 g/mol. The lowest BCUT2D eigenvalue weighted by Crippen LogP contribution is -2.44. The summed E-state index contributed by atoms with van der Waals surface area (Å²) in [6.07, 6.45) is -5.32. The van der Waals surface area contributed by atoms with Crippen LogP contribution in [-0.4, -0.2) is 63.8 Å². The van der Waals surface area contributed by atoms with Gasteiger partial charge in [-0.1, -0.05) is 12.0 Å². The molecule has 0 bridgehead atoms. The number of nitrogens with two attached hydrogens (primary N) is 1. The number of piperazine rings is 1. The summed E-state index contributed by atoms with van der Waals surface area (Å²) in [6.45, 7) is 4.43. The highest BCUT2D eigenvalue weighted by molar-refractivity contribution is 5.97. The van der Waals surface area contributed by atoms with Crippen molar-refractivity contribution >= 4 is 29.0 Å². The fourth-order valence-corrected chi connectivity index (χ4v) is 3.62. The van der Waals surface area contributed by atoms with Crippen LogP contribution in [0.1, 0.15) is 17.3 Å². The number of benzene rings is 1. The first-order chi connectivity index (χ1) is 17.6. The van der Waals surface area contributed by atoms with E-state index in [-0.39, 0.29) is 17.7 Å². The second kappa shape index (κ2) is 10.2. The van der Waals surface area contributed by atoms with Gasteiger partial charge in [0.2, 0.25) is 5.95 Å². The van der Waals surface area contributed by atoms with E-state index in [4.69, 9.17) is 10.5 Å². The van der Waals surface area contributed by atoms with Gasteiger partial charge in [-0.3, -0.25) is 19.1 Å². The van der Waals surface area contributed by atoms with Crippen molar-refractivity contribution in [3.8, 4) is 29.4 Å². The molecule has 1 amide bonds. The van der Waals surface area contributed by atoms with Crippen molar-refractivity contribution in [2.24, 2.45) is 5.73 Å². The Morgan fingerprint density at radius 1 is 1.22 bits per heavy atom. The molecule has 1 aliphatic rings. The zero-order valence-corrected chi connectivity index (χ0v) is 19.3. The van der Waals surface area contributed by atoms with Gasteiger partial charge in [0.15, 0.2) is 22.7 Å². The van der Waals surface area contributed by atoms with Crippen molar-refractivity contribution in [2.75, 3.05) is 31.1 Å². The summed E-state index contributed by atoms with van der Waals surface area (Å²) in [5.74, 6) is 1.06. The number of carbonyl (C=O) groups excluding carboxylic acids is 2. The first-order valence-electron chi connectivity index (χ1n) is 10.9. The number of fused-ring (bicyclic) bond motifs is 1. The number of ether oxygens (including phenoxy) is 2. The average Bonchev–Trinajstić information content (AvgIpc) is 3.22. The van der Waals surface area contributed by atoms with E-state index in [0.717, 1.165) is 18.2 Å². The molecule has 1 aliphatic heterocycles. The van der Waals surface area contributed by atoms with Gasteiger partial charge in [-0.2, -0.15) is 23.1 Å². The quantitative estimate of drug-likeness (QED) is 0.245. The number of nitrogens with one attached hydrogen (secondary N) is 2. The standard InChI is InChI=1S/C22H20F3N7O5/c1-2-3-9-32-14-17(29-21(32)31-10-7-27-8-11-31)28-20(30-18(14)34)37-15-12(16(26)33)5-4-6-13(15)36-19(35)22(23,24)25/h4-6,27H,7-11H2,1H3,(H2,26,33)(H,28,30,34). The number of rotatable bonds is 6. The van der Waals surface area contributed by atoms with Gasteiger partial charge in [0, 0.05) is 26.2 Å². The van der Waals surface area contributed by atoms with Crippen LogP contribution in [0.15, 0.2) is 23.0 Å². The summed E-state index contributed by atoms with van der Waals surface area (Å²) < 4.78 is 49.7. The zero-order valence-electron chi connectivity index (χ0n) is 19.3.